The van der Waals surface area contributed by atoms with Gasteiger partial charge in [0.25, 0.3) is 11.8 Å². The lowest BCUT2D eigenvalue weighted by molar-refractivity contribution is 0.0987. The van der Waals surface area contributed by atoms with Crippen LogP contribution in [-0.4, -0.2) is 30.1 Å². The summed E-state index contributed by atoms with van der Waals surface area (Å²) in [5, 5.41) is 3.36. The molecule has 0 aliphatic carbocycles. The number of thiazole rings is 1. The third kappa shape index (κ3) is 3.97. The van der Waals surface area contributed by atoms with E-state index in [9.17, 15) is 14.0 Å². The minimum Gasteiger partial charge on any atom is -0.454 e. The van der Waals surface area contributed by atoms with Crippen molar-refractivity contribution in [3.8, 4) is 22.8 Å². The highest BCUT2D eigenvalue weighted by Crippen LogP contribution is 2.37. The number of carbonyl (C=O) groups excluding carboxylic acids is 2. The number of aromatic nitrogens is 1. The molecule has 0 spiro atoms. The molecule has 3 aromatic carbocycles. The summed E-state index contributed by atoms with van der Waals surface area (Å²) in [4.78, 5) is 33.0. The molecule has 0 unspecified atom stereocenters. The second-order valence-corrected chi connectivity index (χ2v) is 9.71. The van der Waals surface area contributed by atoms with Gasteiger partial charge in [-0.1, -0.05) is 12.1 Å². The van der Waals surface area contributed by atoms with Crippen molar-refractivity contribution in [2.45, 2.75) is 13.3 Å². The number of amides is 2. The molecule has 0 fully saturated rings. The van der Waals surface area contributed by atoms with E-state index >= 15 is 0 Å². The van der Waals surface area contributed by atoms with Gasteiger partial charge in [-0.05, 0) is 67.4 Å². The molecule has 1 N–H and O–H groups in total. The van der Waals surface area contributed by atoms with Gasteiger partial charge in [0.1, 0.15) is 5.82 Å². The van der Waals surface area contributed by atoms with Crippen LogP contribution in [0.5, 0.6) is 11.5 Å². The van der Waals surface area contributed by atoms with E-state index in [-0.39, 0.29) is 18.6 Å². The van der Waals surface area contributed by atoms with E-state index in [2.05, 4.69) is 10.3 Å². The SMILES string of the molecule is Cc1sc(NC(=O)c2ccc3c(c2)OCO3)nc1-c1ccc2c(c1)CCN2C(=O)c1cccc(F)c1. The Kier molecular flexibility index (Phi) is 5.41. The van der Waals surface area contributed by atoms with Crippen LogP contribution in [0, 0.1) is 12.7 Å². The number of benzene rings is 3. The van der Waals surface area contributed by atoms with E-state index in [1.807, 2.05) is 25.1 Å². The van der Waals surface area contributed by atoms with Gasteiger partial charge in [0.15, 0.2) is 16.6 Å². The van der Waals surface area contributed by atoms with Gasteiger partial charge in [-0.3, -0.25) is 14.9 Å². The maximum atomic E-state index is 13.6. The number of aryl methyl sites for hydroxylation is 1. The van der Waals surface area contributed by atoms with Crippen LogP contribution in [0.25, 0.3) is 11.3 Å². The fourth-order valence-corrected chi connectivity index (χ4v) is 5.29. The van der Waals surface area contributed by atoms with Crippen LogP contribution in [-0.2, 0) is 6.42 Å². The number of halogens is 1. The van der Waals surface area contributed by atoms with Crippen molar-refractivity contribution in [2.24, 2.45) is 0 Å². The van der Waals surface area contributed by atoms with Gasteiger partial charge in [0.05, 0.1) is 5.69 Å². The number of fused-ring (bicyclic) bond motifs is 2. The van der Waals surface area contributed by atoms with Crippen molar-refractivity contribution < 1.29 is 23.5 Å². The summed E-state index contributed by atoms with van der Waals surface area (Å²) < 4.78 is 24.3. The standard InChI is InChI=1S/C27H20FN3O4S/c1-15-24(29-27(36-15)30-25(32)18-6-8-22-23(13-18)35-14-34-22)17-5-7-21-16(11-17)9-10-31(21)26(33)19-3-2-4-20(28)12-19/h2-8,11-13H,9-10,14H2,1H3,(H,29,30,32). The summed E-state index contributed by atoms with van der Waals surface area (Å²) in [6, 6.07) is 16.6. The lowest BCUT2D eigenvalue weighted by Crippen LogP contribution is -2.28. The molecule has 1 aromatic heterocycles. The molecule has 0 bridgehead atoms. The lowest BCUT2D eigenvalue weighted by Gasteiger charge is -2.17. The average molecular weight is 502 g/mol. The van der Waals surface area contributed by atoms with Crippen LogP contribution >= 0.6 is 11.3 Å². The van der Waals surface area contributed by atoms with E-state index in [0.29, 0.717) is 40.7 Å². The minimum absolute atomic E-state index is 0.146. The average Bonchev–Trinajstić information content (AvgIpc) is 3.60. The molecule has 0 radical (unpaired) electrons. The zero-order chi connectivity index (χ0) is 24.8. The van der Waals surface area contributed by atoms with Crippen LogP contribution in [0.15, 0.2) is 60.7 Å². The molecule has 0 atom stereocenters. The predicted octanol–water partition coefficient (Wildman–Crippen LogP) is 5.44. The monoisotopic (exact) mass is 501 g/mol. The molecule has 2 amide bonds. The number of carbonyl (C=O) groups is 2. The smallest absolute Gasteiger partial charge is 0.258 e. The Morgan fingerprint density at radius 1 is 1.03 bits per heavy atom. The molecule has 0 saturated heterocycles. The summed E-state index contributed by atoms with van der Waals surface area (Å²) in [7, 11) is 0. The maximum absolute atomic E-state index is 13.6. The Labute approximate surface area is 210 Å². The molecule has 180 valence electrons. The largest absolute Gasteiger partial charge is 0.454 e. The Bertz CT molecular complexity index is 1530. The van der Waals surface area contributed by atoms with E-state index in [4.69, 9.17) is 9.47 Å². The van der Waals surface area contributed by atoms with Crippen LogP contribution in [0.2, 0.25) is 0 Å². The molecule has 3 heterocycles. The first-order valence-electron chi connectivity index (χ1n) is 11.4. The normalized spacial score (nSPS) is 13.6. The quantitative estimate of drug-likeness (QED) is 0.403. The number of ether oxygens (including phenoxy) is 2. The van der Waals surface area contributed by atoms with Crippen molar-refractivity contribution in [1.82, 2.24) is 4.98 Å². The van der Waals surface area contributed by atoms with Crippen molar-refractivity contribution in [2.75, 3.05) is 23.6 Å². The molecule has 2 aliphatic heterocycles. The number of nitrogens with zero attached hydrogens (tertiary/aromatic N) is 2. The molecule has 2 aliphatic rings. The van der Waals surface area contributed by atoms with Crippen molar-refractivity contribution in [3.05, 3.63) is 88.0 Å². The summed E-state index contributed by atoms with van der Waals surface area (Å²) in [6.07, 6.45) is 0.696. The first-order valence-corrected chi connectivity index (χ1v) is 12.2. The van der Waals surface area contributed by atoms with Gasteiger partial charge < -0.3 is 14.4 Å². The zero-order valence-corrected chi connectivity index (χ0v) is 20.0. The fourth-order valence-electron chi connectivity index (χ4n) is 4.46. The number of nitrogens with one attached hydrogen (secondary N) is 1. The van der Waals surface area contributed by atoms with E-state index in [1.54, 1.807) is 29.2 Å². The van der Waals surface area contributed by atoms with Crippen LogP contribution in [0.4, 0.5) is 15.2 Å². The third-order valence-corrected chi connectivity index (χ3v) is 7.10. The second kappa shape index (κ2) is 8.76. The van der Waals surface area contributed by atoms with Crippen LogP contribution in [0.3, 0.4) is 0 Å². The van der Waals surface area contributed by atoms with Crippen molar-refractivity contribution >= 4 is 34.0 Å². The van der Waals surface area contributed by atoms with Gasteiger partial charge in [0, 0.05) is 33.8 Å². The van der Waals surface area contributed by atoms with Crippen molar-refractivity contribution in [1.29, 1.82) is 0 Å². The first kappa shape index (κ1) is 22.2. The van der Waals surface area contributed by atoms with Gasteiger partial charge in [0.2, 0.25) is 6.79 Å². The molecule has 4 aromatic rings. The number of hydrogen-bond donors (Lipinski definition) is 1. The summed E-state index contributed by atoms with van der Waals surface area (Å²) >= 11 is 1.40. The molecule has 36 heavy (non-hydrogen) atoms. The molecule has 0 saturated carbocycles. The summed E-state index contributed by atoms with van der Waals surface area (Å²) in [5.41, 5.74) is 4.30. The fraction of sp³-hybridized carbons (Fsp3) is 0.148. The zero-order valence-electron chi connectivity index (χ0n) is 19.2. The first-order chi connectivity index (χ1) is 17.5. The maximum Gasteiger partial charge on any atom is 0.258 e. The van der Waals surface area contributed by atoms with E-state index in [0.717, 1.165) is 27.4 Å². The Morgan fingerprint density at radius 3 is 2.75 bits per heavy atom. The van der Waals surface area contributed by atoms with Gasteiger partial charge in [-0.25, -0.2) is 9.37 Å². The topological polar surface area (TPSA) is 80.8 Å². The molecule has 6 rings (SSSR count). The summed E-state index contributed by atoms with van der Waals surface area (Å²) in [6.45, 7) is 2.63. The van der Waals surface area contributed by atoms with Crippen molar-refractivity contribution in [3.63, 3.8) is 0 Å². The second-order valence-electron chi connectivity index (χ2n) is 8.51. The number of anilines is 2. The minimum atomic E-state index is -0.434. The van der Waals surface area contributed by atoms with E-state index in [1.165, 1.54) is 29.5 Å². The van der Waals surface area contributed by atoms with E-state index < -0.39 is 5.82 Å². The van der Waals surface area contributed by atoms with Gasteiger partial charge >= 0.3 is 0 Å². The molecular weight excluding hydrogens is 481 g/mol. The van der Waals surface area contributed by atoms with Crippen LogP contribution < -0.4 is 19.7 Å². The number of rotatable bonds is 4. The highest BCUT2D eigenvalue weighted by atomic mass is 32.1. The van der Waals surface area contributed by atoms with Gasteiger partial charge in [-0.2, -0.15) is 0 Å². The summed E-state index contributed by atoms with van der Waals surface area (Å²) in [5.74, 6) is 0.220. The Hall–Kier alpha value is -4.24. The Morgan fingerprint density at radius 2 is 1.89 bits per heavy atom. The molecule has 7 nitrogen and oxygen atoms in total. The third-order valence-electron chi connectivity index (χ3n) is 6.22. The van der Waals surface area contributed by atoms with Gasteiger partial charge in [-0.15, -0.1) is 11.3 Å². The highest BCUT2D eigenvalue weighted by Gasteiger charge is 2.27. The molecule has 9 heteroatoms. The molecular formula is C27H20FN3O4S. The number of hydrogen-bond acceptors (Lipinski definition) is 6. The van der Waals surface area contributed by atoms with Crippen LogP contribution in [0.1, 0.15) is 31.2 Å². The predicted molar refractivity (Wildman–Crippen MR) is 135 cm³/mol. The lowest BCUT2D eigenvalue weighted by atomic mass is 10.1. The Balaban J connectivity index is 1.22. The highest BCUT2D eigenvalue weighted by molar-refractivity contribution is 7.16.